The summed E-state index contributed by atoms with van der Waals surface area (Å²) in [6, 6.07) is 5.29. The van der Waals surface area contributed by atoms with E-state index < -0.39 is 0 Å². The zero-order valence-corrected chi connectivity index (χ0v) is 18.7. The number of furan rings is 1. The van der Waals surface area contributed by atoms with Crippen molar-refractivity contribution in [3.8, 4) is 17.2 Å². The summed E-state index contributed by atoms with van der Waals surface area (Å²) >= 11 is 1.49. The average Bonchev–Trinajstić information content (AvgIpc) is 3.35. The normalized spacial score (nSPS) is 13.3. The van der Waals surface area contributed by atoms with Crippen molar-refractivity contribution < 1.29 is 23.5 Å². The predicted octanol–water partition coefficient (Wildman–Crippen LogP) is 4.36. The number of carbonyl (C=O) groups excluding carboxylic acids is 2. The van der Waals surface area contributed by atoms with Crippen LogP contribution < -0.4 is 14.8 Å². The zero-order valence-electron chi connectivity index (χ0n) is 17.9. The first-order valence-corrected chi connectivity index (χ1v) is 11.1. The highest BCUT2D eigenvalue weighted by Crippen LogP contribution is 2.45. The van der Waals surface area contributed by atoms with E-state index in [0.717, 1.165) is 16.6 Å². The van der Waals surface area contributed by atoms with Crippen LogP contribution in [0.2, 0.25) is 0 Å². The number of benzene rings is 1. The van der Waals surface area contributed by atoms with Crippen molar-refractivity contribution in [3.05, 3.63) is 46.7 Å². The van der Waals surface area contributed by atoms with Crippen LogP contribution in [0.25, 0.3) is 21.2 Å². The maximum Gasteiger partial charge on any atom is 0.261 e. The van der Waals surface area contributed by atoms with Gasteiger partial charge in [-0.1, -0.05) is 0 Å². The minimum absolute atomic E-state index is 0.205. The first kappa shape index (κ1) is 20.3. The molecule has 0 saturated carbocycles. The summed E-state index contributed by atoms with van der Waals surface area (Å²) in [7, 11) is 3.05. The van der Waals surface area contributed by atoms with E-state index in [2.05, 4.69) is 10.3 Å². The number of amides is 2. The summed E-state index contributed by atoms with van der Waals surface area (Å²) in [6.45, 7) is 3.04. The molecule has 1 aromatic carbocycles. The highest BCUT2D eigenvalue weighted by molar-refractivity contribution is 7.17. The van der Waals surface area contributed by atoms with Crippen LogP contribution in [0.15, 0.2) is 34.2 Å². The second-order valence-corrected chi connectivity index (χ2v) is 8.38. The molecule has 1 aliphatic heterocycles. The van der Waals surface area contributed by atoms with Crippen LogP contribution in [-0.4, -0.2) is 48.9 Å². The maximum absolute atomic E-state index is 13.5. The van der Waals surface area contributed by atoms with E-state index >= 15 is 0 Å². The molecule has 0 unspecified atom stereocenters. The molecule has 1 aliphatic rings. The van der Waals surface area contributed by atoms with E-state index in [4.69, 9.17) is 13.9 Å². The van der Waals surface area contributed by atoms with E-state index in [-0.39, 0.29) is 23.1 Å². The number of thiophene rings is 1. The molecule has 164 valence electrons. The first-order chi connectivity index (χ1) is 15.5. The second kappa shape index (κ2) is 7.83. The van der Waals surface area contributed by atoms with Crippen molar-refractivity contribution in [2.45, 2.75) is 13.3 Å². The number of nitrogens with zero attached hydrogens (tertiary/aromatic N) is 2. The average molecular weight is 452 g/mol. The zero-order chi connectivity index (χ0) is 22.4. The molecule has 1 fully saturated rings. The van der Waals surface area contributed by atoms with E-state index in [1.807, 2.05) is 11.4 Å². The molecule has 5 rings (SSSR count). The number of pyridine rings is 1. The highest BCUT2D eigenvalue weighted by atomic mass is 32.1. The fourth-order valence-corrected chi connectivity index (χ4v) is 4.70. The van der Waals surface area contributed by atoms with Crippen LogP contribution in [0.5, 0.6) is 17.2 Å². The van der Waals surface area contributed by atoms with Crippen molar-refractivity contribution in [2.75, 3.05) is 27.2 Å². The number of ether oxygens (including phenoxy) is 2. The number of rotatable bonds is 5. The SMILES string of the molecule is CNC(=O)c1c(C)oc2cc(OC)c(C(=O)N3CCC3)c(Oc3ccnc4ccsc34)c12. The molecule has 3 aromatic heterocycles. The lowest BCUT2D eigenvalue weighted by Gasteiger charge is -2.32. The summed E-state index contributed by atoms with van der Waals surface area (Å²) in [5.74, 6) is 1.01. The Bertz CT molecular complexity index is 1370. The molecule has 32 heavy (non-hydrogen) atoms. The number of hydrogen-bond donors (Lipinski definition) is 1. The van der Waals surface area contributed by atoms with Crippen LogP contribution in [-0.2, 0) is 0 Å². The van der Waals surface area contributed by atoms with Crippen LogP contribution in [0, 0.1) is 6.92 Å². The summed E-state index contributed by atoms with van der Waals surface area (Å²) in [6.07, 6.45) is 2.60. The summed E-state index contributed by atoms with van der Waals surface area (Å²) in [5, 5.41) is 5.01. The third-order valence-electron chi connectivity index (χ3n) is 5.63. The van der Waals surface area contributed by atoms with E-state index in [9.17, 15) is 9.59 Å². The van der Waals surface area contributed by atoms with Gasteiger partial charge in [0.25, 0.3) is 11.8 Å². The number of carbonyl (C=O) groups is 2. The molecule has 9 heteroatoms. The molecule has 4 aromatic rings. The Morgan fingerprint density at radius 2 is 2.03 bits per heavy atom. The molecule has 1 saturated heterocycles. The molecule has 0 radical (unpaired) electrons. The fraction of sp³-hybridized carbons (Fsp3) is 0.261. The van der Waals surface area contributed by atoms with Crippen LogP contribution in [0.1, 0.15) is 32.9 Å². The van der Waals surface area contributed by atoms with Crippen molar-refractivity contribution >= 4 is 44.3 Å². The van der Waals surface area contributed by atoms with Crippen LogP contribution >= 0.6 is 11.3 Å². The minimum Gasteiger partial charge on any atom is -0.496 e. The largest absolute Gasteiger partial charge is 0.496 e. The van der Waals surface area contributed by atoms with Crippen LogP contribution in [0.3, 0.4) is 0 Å². The Kier molecular flexibility index (Phi) is 4.97. The second-order valence-electron chi connectivity index (χ2n) is 7.46. The van der Waals surface area contributed by atoms with Gasteiger partial charge in [0.2, 0.25) is 0 Å². The lowest BCUT2D eigenvalue weighted by atomic mass is 10.0. The monoisotopic (exact) mass is 451 g/mol. The summed E-state index contributed by atoms with van der Waals surface area (Å²) in [4.78, 5) is 32.3. The minimum atomic E-state index is -0.324. The lowest BCUT2D eigenvalue weighted by molar-refractivity contribution is 0.0645. The van der Waals surface area contributed by atoms with Gasteiger partial charge in [0.1, 0.15) is 28.4 Å². The molecule has 2 amide bonds. The van der Waals surface area contributed by atoms with Crippen molar-refractivity contribution in [1.29, 1.82) is 0 Å². The highest BCUT2D eigenvalue weighted by Gasteiger charge is 2.33. The smallest absolute Gasteiger partial charge is 0.261 e. The van der Waals surface area contributed by atoms with E-state index in [0.29, 0.717) is 46.9 Å². The van der Waals surface area contributed by atoms with Crippen LogP contribution in [0.4, 0.5) is 0 Å². The molecular formula is C23H21N3O5S. The maximum atomic E-state index is 13.5. The van der Waals surface area contributed by atoms with E-state index in [1.54, 1.807) is 37.2 Å². The molecule has 4 heterocycles. The molecule has 0 spiro atoms. The molecule has 0 atom stereocenters. The molecule has 0 aliphatic carbocycles. The number of methoxy groups -OCH3 is 1. The standard InChI is InChI=1S/C23H21N3O5S/c1-12-17(22(27)24-2)18-16(30-12)11-15(29-3)19(23(28)26-8-4-9-26)20(18)31-14-5-7-25-13-6-10-32-21(13)14/h5-7,10-11H,4,8-9H2,1-3H3,(H,24,27). The van der Waals surface area contributed by atoms with Crippen molar-refractivity contribution in [1.82, 2.24) is 15.2 Å². The van der Waals surface area contributed by atoms with Crippen molar-refractivity contribution in [3.63, 3.8) is 0 Å². The number of aromatic nitrogens is 1. The quantitative estimate of drug-likeness (QED) is 0.485. The number of fused-ring (bicyclic) bond motifs is 2. The molecular weight excluding hydrogens is 430 g/mol. The Morgan fingerprint density at radius 1 is 1.22 bits per heavy atom. The Labute approximate surface area is 187 Å². The number of hydrogen-bond acceptors (Lipinski definition) is 7. The Hall–Kier alpha value is -3.59. The number of aryl methyl sites for hydroxylation is 1. The summed E-state index contributed by atoms with van der Waals surface area (Å²) < 4.78 is 18.7. The summed E-state index contributed by atoms with van der Waals surface area (Å²) in [5.41, 5.74) is 1.79. The molecule has 1 N–H and O–H groups in total. The van der Waals surface area contributed by atoms with Gasteiger partial charge in [-0.2, -0.15) is 0 Å². The topological polar surface area (TPSA) is 93.9 Å². The fourth-order valence-electron chi connectivity index (χ4n) is 3.90. The Balaban J connectivity index is 1.82. The first-order valence-electron chi connectivity index (χ1n) is 10.2. The van der Waals surface area contributed by atoms with E-state index in [1.165, 1.54) is 18.4 Å². The van der Waals surface area contributed by atoms with Gasteiger partial charge in [-0.05, 0) is 24.8 Å². The lowest BCUT2D eigenvalue weighted by Crippen LogP contribution is -2.42. The third-order valence-corrected chi connectivity index (χ3v) is 6.54. The number of nitrogens with one attached hydrogen (secondary N) is 1. The number of likely N-dealkylation sites (tertiary alicyclic amines) is 1. The molecule has 0 bridgehead atoms. The van der Waals surface area contributed by atoms with Gasteiger partial charge >= 0.3 is 0 Å². The van der Waals surface area contributed by atoms with Gasteiger partial charge in [0.05, 0.1) is 28.3 Å². The third kappa shape index (κ3) is 3.08. The van der Waals surface area contributed by atoms with Gasteiger partial charge in [0.15, 0.2) is 5.75 Å². The van der Waals surface area contributed by atoms with Gasteiger partial charge in [0, 0.05) is 38.5 Å². The Morgan fingerprint density at radius 3 is 2.72 bits per heavy atom. The van der Waals surface area contributed by atoms with Gasteiger partial charge in [-0.15, -0.1) is 11.3 Å². The predicted molar refractivity (Wildman–Crippen MR) is 121 cm³/mol. The van der Waals surface area contributed by atoms with Gasteiger partial charge in [-0.3, -0.25) is 14.6 Å². The molecule has 8 nitrogen and oxygen atoms in total. The van der Waals surface area contributed by atoms with Gasteiger partial charge in [-0.25, -0.2) is 0 Å². The van der Waals surface area contributed by atoms with Crippen molar-refractivity contribution in [2.24, 2.45) is 0 Å². The van der Waals surface area contributed by atoms with Gasteiger partial charge < -0.3 is 24.1 Å².